The highest BCUT2D eigenvalue weighted by Gasteiger charge is 2.40. The zero-order chi connectivity index (χ0) is 22.2. The van der Waals surface area contributed by atoms with Gasteiger partial charge in [0, 0.05) is 29.2 Å². The number of hydrogen-bond acceptors (Lipinski definition) is 3. The van der Waals surface area contributed by atoms with Gasteiger partial charge in [-0.2, -0.15) is 5.26 Å². The molecule has 162 valence electrons. The molecule has 1 amide bonds. The molecule has 1 saturated heterocycles. The number of nitrogens with one attached hydrogen (secondary N) is 1. The van der Waals surface area contributed by atoms with E-state index in [1.807, 2.05) is 25.7 Å². The maximum absolute atomic E-state index is 15.0. The van der Waals surface area contributed by atoms with E-state index in [2.05, 4.69) is 24.9 Å². The number of aromatic amines is 1. The van der Waals surface area contributed by atoms with E-state index in [0.717, 1.165) is 12.8 Å². The largest absolute Gasteiger partial charge is 0.494 e. The molecule has 5 nitrogen and oxygen atoms in total. The number of piperidine rings is 1. The molecule has 2 heterocycles. The number of H-pyrrole nitrogens is 1. The summed E-state index contributed by atoms with van der Waals surface area (Å²) in [5, 5.41) is 9.93. The predicted molar refractivity (Wildman–Crippen MR) is 116 cm³/mol. The Morgan fingerprint density at radius 2 is 2.10 bits per heavy atom. The molecule has 4 atom stereocenters. The summed E-state index contributed by atoms with van der Waals surface area (Å²) in [5.74, 6) is -0.320. The number of halogens is 1. The summed E-state index contributed by atoms with van der Waals surface area (Å²) in [6.45, 7) is 9.96. The number of fused-ring (bicyclic) bond motifs is 1. The maximum Gasteiger partial charge on any atom is 0.230 e. The lowest BCUT2D eigenvalue weighted by atomic mass is 9.78. The van der Waals surface area contributed by atoms with Gasteiger partial charge in [-0.3, -0.25) is 4.79 Å². The van der Waals surface area contributed by atoms with Gasteiger partial charge in [0.15, 0.2) is 11.6 Å². The number of ether oxygens (including phenoxy) is 1. The first-order chi connectivity index (χ1) is 14.1. The molecule has 1 aromatic heterocycles. The van der Waals surface area contributed by atoms with Crippen molar-refractivity contribution in [1.29, 1.82) is 5.26 Å². The van der Waals surface area contributed by atoms with Crippen LogP contribution < -0.4 is 4.74 Å². The van der Waals surface area contributed by atoms with Crippen molar-refractivity contribution in [2.75, 3.05) is 7.11 Å². The second-order valence-corrected chi connectivity index (χ2v) is 9.49. The van der Waals surface area contributed by atoms with E-state index in [9.17, 15) is 14.4 Å². The van der Waals surface area contributed by atoms with Crippen molar-refractivity contribution in [3.63, 3.8) is 0 Å². The van der Waals surface area contributed by atoms with Crippen LogP contribution in [0.1, 0.15) is 65.4 Å². The Morgan fingerprint density at radius 1 is 1.40 bits per heavy atom. The topological polar surface area (TPSA) is 69.1 Å². The molecule has 1 N–H and O–H groups in total. The molecule has 0 radical (unpaired) electrons. The fourth-order valence-electron chi connectivity index (χ4n) is 4.99. The SMILES string of the molecule is COc1ccc2[nH]cc(C(C)C(=O)N3C(C)CC(C)CC3CC(C)(C)C#N)c2c1F. The van der Waals surface area contributed by atoms with Crippen molar-refractivity contribution >= 4 is 16.8 Å². The third kappa shape index (κ3) is 4.03. The first-order valence-corrected chi connectivity index (χ1v) is 10.7. The van der Waals surface area contributed by atoms with Crippen molar-refractivity contribution in [3.05, 3.63) is 29.7 Å². The van der Waals surface area contributed by atoms with Crippen LogP contribution in [0.5, 0.6) is 5.75 Å². The van der Waals surface area contributed by atoms with Crippen LogP contribution in [0.3, 0.4) is 0 Å². The minimum Gasteiger partial charge on any atom is -0.494 e. The van der Waals surface area contributed by atoms with Gasteiger partial charge in [-0.25, -0.2) is 4.39 Å². The van der Waals surface area contributed by atoms with Crippen molar-refractivity contribution < 1.29 is 13.9 Å². The Labute approximate surface area is 178 Å². The molecule has 0 bridgehead atoms. The van der Waals surface area contributed by atoms with E-state index in [-0.39, 0.29) is 23.7 Å². The molecular weight excluding hydrogens is 381 g/mol. The Balaban J connectivity index is 1.97. The summed E-state index contributed by atoms with van der Waals surface area (Å²) in [4.78, 5) is 18.7. The molecule has 4 unspecified atom stereocenters. The van der Waals surface area contributed by atoms with Crippen molar-refractivity contribution in [2.24, 2.45) is 11.3 Å². The lowest BCUT2D eigenvalue weighted by Crippen LogP contribution is -2.53. The van der Waals surface area contributed by atoms with Gasteiger partial charge in [0.2, 0.25) is 5.91 Å². The van der Waals surface area contributed by atoms with Crippen molar-refractivity contribution in [1.82, 2.24) is 9.88 Å². The summed E-state index contributed by atoms with van der Waals surface area (Å²) in [5.41, 5.74) is 0.768. The van der Waals surface area contributed by atoms with Crippen LogP contribution in [0.15, 0.2) is 18.3 Å². The van der Waals surface area contributed by atoms with Gasteiger partial charge >= 0.3 is 0 Å². The number of rotatable bonds is 5. The third-order valence-electron chi connectivity index (χ3n) is 6.42. The Hall–Kier alpha value is -2.55. The van der Waals surface area contributed by atoms with E-state index in [1.165, 1.54) is 7.11 Å². The molecule has 1 aliphatic rings. The summed E-state index contributed by atoms with van der Waals surface area (Å²) >= 11 is 0. The van der Waals surface area contributed by atoms with Crippen LogP contribution in [0.25, 0.3) is 10.9 Å². The highest BCUT2D eigenvalue weighted by atomic mass is 19.1. The molecule has 6 heteroatoms. The minimum absolute atomic E-state index is 0.00191. The molecule has 0 spiro atoms. The maximum atomic E-state index is 15.0. The van der Waals surface area contributed by atoms with Crippen LogP contribution >= 0.6 is 0 Å². The van der Waals surface area contributed by atoms with Crippen LogP contribution in [0, 0.1) is 28.5 Å². The summed E-state index contributed by atoms with van der Waals surface area (Å²) in [6, 6.07) is 5.79. The summed E-state index contributed by atoms with van der Waals surface area (Å²) < 4.78 is 20.1. The van der Waals surface area contributed by atoms with E-state index in [1.54, 1.807) is 18.3 Å². The number of carbonyl (C=O) groups excluding carboxylic acids is 1. The van der Waals surface area contributed by atoms with Gasteiger partial charge in [0.25, 0.3) is 0 Å². The molecule has 3 rings (SSSR count). The first kappa shape index (κ1) is 22.1. The second kappa shape index (κ2) is 8.29. The molecule has 1 aromatic carbocycles. The number of benzene rings is 1. The van der Waals surface area contributed by atoms with Gasteiger partial charge in [-0.1, -0.05) is 6.92 Å². The quantitative estimate of drug-likeness (QED) is 0.716. The summed E-state index contributed by atoms with van der Waals surface area (Å²) in [6.07, 6.45) is 4.16. The number of nitrogens with zero attached hydrogens (tertiary/aromatic N) is 2. The molecule has 1 aliphatic heterocycles. The third-order valence-corrected chi connectivity index (χ3v) is 6.42. The first-order valence-electron chi connectivity index (χ1n) is 10.7. The average molecular weight is 414 g/mol. The average Bonchev–Trinajstić information content (AvgIpc) is 3.11. The fraction of sp³-hybridized carbons (Fsp3) is 0.583. The number of methoxy groups -OCH3 is 1. The van der Waals surface area contributed by atoms with Gasteiger partial charge in [-0.05, 0) is 70.6 Å². The van der Waals surface area contributed by atoms with Crippen molar-refractivity contribution in [3.8, 4) is 11.8 Å². The van der Waals surface area contributed by atoms with E-state index in [0.29, 0.717) is 28.8 Å². The molecule has 0 saturated carbocycles. The molecule has 2 aromatic rings. The van der Waals surface area contributed by atoms with E-state index < -0.39 is 17.2 Å². The lowest BCUT2D eigenvalue weighted by Gasteiger charge is -2.46. The van der Waals surface area contributed by atoms with Gasteiger partial charge in [0.05, 0.1) is 24.5 Å². The Morgan fingerprint density at radius 3 is 2.73 bits per heavy atom. The highest BCUT2D eigenvalue weighted by Crippen LogP contribution is 2.38. The van der Waals surface area contributed by atoms with Crippen molar-refractivity contribution in [2.45, 2.75) is 71.9 Å². The highest BCUT2D eigenvalue weighted by molar-refractivity contribution is 5.93. The normalized spacial score (nSPS) is 23.3. The monoisotopic (exact) mass is 413 g/mol. The van der Waals surface area contributed by atoms with Crippen LogP contribution in [0.4, 0.5) is 4.39 Å². The standard InChI is InChI=1S/C24H32FN3O2/c1-14-9-15(2)28(17(10-14)11-24(4,5)13-26)23(29)16(3)18-12-27-19-7-8-20(30-6)22(25)21(18)19/h7-8,12,14-17,27H,9-11H2,1-6H3. The van der Waals surface area contributed by atoms with Gasteiger partial charge < -0.3 is 14.6 Å². The Kier molecular flexibility index (Phi) is 6.12. The number of hydrogen-bond donors (Lipinski definition) is 1. The van der Waals surface area contributed by atoms with Crippen LogP contribution in [0.2, 0.25) is 0 Å². The second-order valence-electron chi connectivity index (χ2n) is 9.49. The zero-order valence-corrected chi connectivity index (χ0v) is 18.8. The van der Waals surface area contributed by atoms with Crippen LogP contribution in [-0.2, 0) is 4.79 Å². The molecule has 30 heavy (non-hydrogen) atoms. The Bertz CT molecular complexity index is 975. The predicted octanol–water partition coefficient (Wildman–Crippen LogP) is 5.37. The molecular formula is C24H32FN3O2. The minimum atomic E-state index is -0.510. The molecule has 0 aliphatic carbocycles. The summed E-state index contributed by atoms with van der Waals surface area (Å²) in [7, 11) is 1.43. The zero-order valence-electron chi connectivity index (χ0n) is 18.8. The van der Waals surface area contributed by atoms with Crippen LogP contribution in [-0.4, -0.2) is 35.0 Å². The number of nitriles is 1. The van der Waals surface area contributed by atoms with Gasteiger partial charge in [0.1, 0.15) is 0 Å². The number of aromatic nitrogens is 1. The van der Waals surface area contributed by atoms with E-state index in [4.69, 9.17) is 4.74 Å². The number of amides is 1. The van der Waals surface area contributed by atoms with Gasteiger partial charge in [-0.15, -0.1) is 0 Å². The molecule has 1 fully saturated rings. The van der Waals surface area contributed by atoms with E-state index >= 15 is 0 Å². The number of likely N-dealkylation sites (tertiary alicyclic amines) is 1. The fourth-order valence-corrected chi connectivity index (χ4v) is 4.99. The smallest absolute Gasteiger partial charge is 0.230 e. The number of carbonyl (C=O) groups is 1. The lowest BCUT2D eigenvalue weighted by molar-refractivity contribution is -0.140.